The molecule has 27 heavy (non-hydrogen) atoms. The van der Waals surface area contributed by atoms with Crippen LogP contribution in [0, 0.1) is 0 Å². The van der Waals surface area contributed by atoms with Gasteiger partial charge in [0.05, 0.1) is 11.0 Å². The molecule has 2 aromatic heterocycles. The Labute approximate surface area is 149 Å². The molecule has 0 saturated carbocycles. The first-order valence-electron chi connectivity index (χ1n) is 7.85. The number of alkyl halides is 3. The van der Waals surface area contributed by atoms with Gasteiger partial charge in [-0.2, -0.15) is 13.2 Å². The lowest BCUT2D eigenvalue weighted by molar-refractivity contribution is -0.144. The fourth-order valence-corrected chi connectivity index (χ4v) is 2.77. The van der Waals surface area contributed by atoms with E-state index < -0.39 is 12.0 Å². The third-order valence-electron chi connectivity index (χ3n) is 4.08. The molecule has 0 aliphatic rings. The summed E-state index contributed by atoms with van der Waals surface area (Å²) in [5.74, 6) is -1.43. The second kappa shape index (κ2) is 6.08. The number of carbonyl (C=O) groups excluding carboxylic acids is 1. The van der Waals surface area contributed by atoms with Gasteiger partial charge in [0.25, 0.3) is 5.91 Å². The zero-order valence-electron chi connectivity index (χ0n) is 13.9. The molecule has 4 aromatic rings. The Morgan fingerprint density at radius 2 is 1.85 bits per heavy atom. The summed E-state index contributed by atoms with van der Waals surface area (Å²) >= 11 is 0. The maximum absolute atomic E-state index is 12.8. The molecule has 4 rings (SSSR count). The van der Waals surface area contributed by atoms with Gasteiger partial charge < -0.3 is 9.88 Å². The van der Waals surface area contributed by atoms with E-state index in [-0.39, 0.29) is 29.0 Å². The van der Waals surface area contributed by atoms with Crippen LogP contribution in [0.3, 0.4) is 0 Å². The summed E-state index contributed by atoms with van der Waals surface area (Å²) in [5, 5.41) is 7.47. The smallest absolute Gasteiger partial charge is 0.337 e. The summed E-state index contributed by atoms with van der Waals surface area (Å²) in [7, 11) is 1.60. The molecule has 0 aliphatic heterocycles. The number of hydrogen-bond donors (Lipinski definition) is 1. The van der Waals surface area contributed by atoms with Crippen molar-refractivity contribution in [1.82, 2.24) is 25.2 Å². The lowest BCUT2D eigenvalue weighted by Gasteiger charge is -2.17. The lowest BCUT2D eigenvalue weighted by Crippen LogP contribution is -2.26. The largest absolute Gasteiger partial charge is 0.449 e. The van der Waals surface area contributed by atoms with Crippen molar-refractivity contribution in [3.8, 4) is 0 Å². The van der Waals surface area contributed by atoms with Gasteiger partial charge in [0.1, 0.15) is 11.0 Å². The van der Waals surface area contributed by atoms with Crippen LogP contribution >= 0.6 is 0 Å². The number of benzene rings is 2. The second-order valence-electron chi connectivity index (χ2n) is 6.06. The van der Waals surface area contributed by atoms with E-state index in [4.69, 9.17) is 0 Å². The molecule has 1 N–H and O–H groups in total. The summed E-state index contributed by atoms with van der Waals surface area (Å²) in [6.07, 6.45) is -4.57. The van der Waals surface area contributed by atoms with E-state index in [1.165, 1.54) is 23.1 Å². The van der Waals surface area contributed by atoms with Crippen LogP contribution in [-0.2, 0) is 12.7 Å². The number of fused-ring (bicyclic) bond motifs is 2. The molecule has 0 unspecified atom stereocenters. The minimum atomic E-state index is -4.57. The Morgan fingerprint density at radius 3 is 2.63 bits per heavy atom. The van der Waals surface area contributed by atoms with Gasteiger partial charge in [-0.1, -0.05) is 6.07 Å². The van der Waals surface area contributed by atoms with Crippen molar-refractivity contribution in [2.24, 2.45) is 0 Å². The van der Waals surface area contributed by atoms with Crippen molar-refractivity contribution in [1.29, 1.82) is 0 Å². The summed E-state index contributed by atoms with van der Waals surface area (Å²) in [6, 6.07) is 9.48. The molecule has 0 spiro atoms. The van der Waals surface area contributed by atoms with Crippen molar-refractivity contribution >= 4 is 28.0 Å². The van der Waals surface area contributed by atoms with Crippen molar-refractivity contribution in [2.75, 3.05) is 7.05 Å². The fourth-order valence-electron chi connectivity index (χ4n) is 2.77. The number of aromatic amines is 1. The van der Waals surface area contributed by atoms with Gasteiger partial charge >= 0.3 is 6.18 Å². The van der Waals surface area contributed by atoms with Crippen LogP contribution in [0.15, 0.2) is 41.0 Å². The third kappa shape index (κ3) is 3.21. The third-order valence-corrected chi connectivity index (χ3v) is 4.08. The van der Waals surface area contributed by atoms with Crippen molar-refractivity contribution in [2.45, 2.75) is 12.7 Å². The van der Waals surface area contributed by atoms with E-state index in [0.29, 0.717) is 11.0 Å². The van der Waals surface area contributed by atoms with Crippen LogP contribution in [0.25, 0.3) is 22.1 Å². The van der Waals surface area contributed by atoms with Crippen LogP contribution in [0.1, 0.15) is 21.7 Å². The summed E-state index contributed by atoms with van der Waals surface area (Å²) in [5.41, 5.74) is 2.55. The van der Waals surface area contributed by atoms with Crippen LogP contribution in [-0.4, -0.2) is 38.1 Å². The molecule has 0 atom stereocenters. The molecule has 0 saturated heterocycles. The molecular weight excluding hydrogens is 363 g/mol. The normalized spacial score (nSPS) is 12.0. The Hall–Kier alpha value is -3.43. The Kier molecular flexibility index (Phi) is 3.83. The zero-order chi connectivity index (χ0) is 19.2. The van der Waals surface area contributed by atoms with E-state index in [0.717, 1.165) is 5.56 Å². The molecule has 7 nitrogen and oxygen atoms in total. The number of rotatable bonds is 3. The number of hydrogen-bond acceptors (Lipinski definition) is 5. The number of carbonyl (C=O) groups is 1. The van der Waals surface area contributed by atoms with Crippen molar-refractivity contribution in [3.05, 3.63) is 53.3 Å². The zero-order valence-corrected chi connectivity index (χ0v) is 13.9. The van der Waals surface area contributed by atoms with Crippen molar-refractivity contribution < 1.29 is 22.6 Å². The molecule has 2 aromatic carbocycles. The SMILES string of the molecule is CN(Cc1ccc2nonc2c1)C(=O)c1ccc2nc(C(F)(F)F)[nH]c2c1. The Morgan fingerprint density at radius 1 is 1.11 bits per heavy atom. The number of halogens is 3. The average molecular weight is 375 g/mol. The van der Waals surface area contributed by atoms with Gasteiger partial charge in [-0.05, 0) is 46.2 Å². The topological polar surface area (TPSA) is 87.9 Å². The average Bonchev–Trinajstić information content (AvgIpc) is 3.26. The molecule has 138 valence electrons. The Balaban J connectivity index is 1.57. The van der Waals surface area contributed by atoms with Gasteiger partial charge in [0.15, 0.2) is 0 Å². The van der Waals surface area contributed by atoms with Gasteiger partial charge in [-0.25, -0.2) is 9.61 Å². The molecule has 1 amide bonds. The highest BCUT2D eigenvalue weighted by Gasteiger charge is 2.34. The number of nitrogens with zero attached hydrogens (tertiary/aromatic N) is 4. The highest BCUT2D eigenvalue weighted by atomic mass is 19.4. The number of H-pyrrole nitrogens is 1. The standard InChI is InChI=1S/C17H12F3N5O2/c1-25(8-9-2-4-12-14(6-9)24-27-23-12)15(26)10-3-5-11-13(7-10)22-16(21-11)17(18,19)20/h2-7H,8H2,1H3,(H,21,22). The second-order valence-corrected chi connectivity index (χ2v) is 6.06. The minimum absolute atomic E-state index is 0.144. The van der Waals surface area contributed by atoms with E-state index in [2.05, 4.69) is 24.9 Å². The van der Waals surface area contributed by atoms with E-state index in [1.807, 2.05) is 0 Å². The fraction of sp³-hybridized carbons (Fsp3) is 0.176. The summed E-state index contributed by atoms with van der Waals surface area (Å²) < 4.78 is 42.9. The molecule has 10 heteroatoms. The van der Waals surface area contributed by atoms with Gasteiger partial charge in [-0.15, -0.1) is 0 Å². The number of nitrogens with one attached hydrogen (secondary N) is 1. The van der Waals surface area contributed by atoms with Gasteiger partial charge in [0, 0.05) is 19.2 Å². The first-order chi connectivity index (χ1) is 12.8. The van der Waals surface area contributed by atoms with Crippen LogP contribution < -0.4 is 0 Å². The van der Waals surface area contributed by atoms with E-state index in [1.54, 1.807) is 25.2 Å². The van der Waals surface area contributed by atoms with Crippen LogP contribution in [0.4, 0.5) is 13.2 Å². The predicted molar refractivity (Wildman–Crippen MR) is 88.7 cm³/mol. The summed E-state index contributed by atoms with van der Waals surface area (Å²) in [4.78, 5) is 19.8. The van der Waals surface area contributed by atoms with E-state index >= 15 is 0 Å². The molecule has 2 heterocycles. The first-order valence-corrected chi connectivity index (χ1v) is 7.85. The Bertz CT molecular complexity index is 1150. The quantitative estimate of drug-likeness (QED) is 0.593. The van der Waals surface area contributed by atoms with Gasteiger partial charge in [0.2, 0.25) is 5.82 Å². The highest BCUT2D eigenvalue weighted by Crippen LogP contribution is 2.28. The van der Waals surface area contributed by atoms with Crippen molar-refractivity contribution in [3.63, 3.8) is 0 Å². The van der Waals surface area contributed by atoms with Gasteiger partial charge in [-0.3, -0.25) is 4.79 Å². The number of aromatic nitrogens is 4. The molecule has 0 bridgehead atoms. The lowest BCUT2D eigenvalue weighted by atomic mass is 10.1. The number of imidazole rings is 1. The van der Waals surface area contributed by atoms with Crippen LogP contribution in [0.2, 0.25) is 0 Å². The minimum Gasteiger partial charge on any atom is -0.337 e. The number of amides is 1. The monoisotopic (exact) mass is 375 g/mol. The van der Waals surface area contributed by atoms with Crippen LogP contribution in [0.5, 0.6) is 0 Å². The molecule has 0 radical (unpaired) electrons. The summed E-state index contributed by atoms with van der Waals surface area (Å²) in [6.45, 7) is 0.288. The predicted octanol–water partition coefficient (Wildman–Crippen LogP) is 3.39. The maximum atomic E-state index is 12.8. The van der Waals surface area contributed by atoms with E-state index in [9.17, 15) is 18.0 Å². The molecular formula is C17H12F3N5O2. The first kappa shape index (κ1) is 17.0. The highest BCUT2D eigenvalue weighted by molar-refractivity contribution is 5.97. The maximum Gasteiger partial charge on any atom is 0.449 e. The molecule has 0 fully saturated rings. The molecule has 0 aliphatic carbocycles.